The van der Waals surface area contributed by atoms with Crippen LogP contribution in [0.5, 0.6) is 11.5 Å². The largest absolute Gasteiger partial charge is 0.497 e. The van der Waals surface area contributed by atoms with Crippen molar-refractivity contribution in [2.24, 2.45) is 0 Å². The van der Waals surface area contributed by atoms with Gasteiger partial charge in [0.15, 0.2) is 0 Å². The van der Waals surface area contributed by atoms with E-state index in [1.807, 2.05) is 48.5 Å². The Morgan fingerprint density at radius 1 is 1.00 bits per heavy atom. The third kappa shape index (κ3) is 5.70. The molecular formula is C28H38N2O3. The zero-order chi connectivity index (χ0) is 23.1. The zero-order valence-corrected chi connectivity index (χ0v) is 20.1. The van der Waals surface area contributed by atoms with Crippen molar-refractivity contribution < 1.29 is 14.3 Å². The molecule has 2 fully saturated rings. The quantitative estimate of drug-likeness (QED) is 0.491. The molecule has 0 unspecified atom stereocenters. The van der Waals surface area contributed by atoms with Crippen LogP contribution in [0.1, 0.15) is 63.9 Å². The number of rotatable bonds is 9. The minimum atomic E-state index is -0.465. The number of likely N-dealkylation sites (tertiary alicyclic amines) is 1. The van der Waals surface area contributed by atoms with Gasteiger partial charge in [-0.3, -0.25) is 4.79 Å². The summed E-state index contributed by atoms with van der Waals surface area (Å²) in [6, 6.07) is 16.4. The van der Waals surface area contributed by atoms with Gasteiger partial charge in [0.2, 0.25) is 5.91 Å². The number of hydrogen-bond acceptors (Lipinski definition) is 4. The molecule has 0 aromatic heterocycles. The molecular weight excluding hydrogens is 412 g/mol. The van der Waals surface area contributed by atoms with Gasteiger partial charge in [-0.1, -0.05) is 31.4 Å². The normalized spacial score (nSPS) is 20.4. The highest BCUT2D eigenvalue weighted by Crippen LogP contribution is 2.42. The molecule has 178 valence electrons. The Bertz CT molecular complexity index is 888. The number of anilines is 1. The number of amides is 1. The highest BCUT2D eigenvalue weighted by atomic mass is 16.5. The van der Waals surface area contributed by atoms with E-state index in [-0.39, 0.29) is 5.91 Å². The van der Waals surface area contributed by atoms with Gasteiger partial charge in [-0.25, -0.2) is 0 Å². The lowest BCUT2D eigenvalue weighted by atomic mass is 9.78. The second-order valence-corrected chi connectivity index (χ2v) is 9.58. The molecule has 33 heavy (non-hydrogen) atoms. The van der Waals surface area contributed by atoms with Crippen LogP contribution in [0.15, 0.2) is 48.5 Å². The molecule has 1 N–H and O–H groups in total. The Morgan fingerprint density at radius 3 is 2.36 bits per heavy atom. The minimum absolute atomic E-state index is 0.0782. The Labute approximate surface area is 198 Å². The van der Waals surface area contributed by atoms with Gasteiger partial charge in [0.05, 0.1) is 19.1 Å². The van der Waals surface area contributed by atoms with Crippen LogP contribution in [0.3, 0.4) is 0 Å². The van der Waals surface area contributed by atoms with Gasteiger partial charge in [0.1, 0.15) is 11.5 Å². The Hall–Kier alpha value is -2.53. The minimum Gasteiger partial charge on any atom is -0.497 e. The molecule has 0 spiro atoms. The molecule has 1 heterocycles. The van der Waals surface area contributed by atoms with Crippen LogP contribution in [0, 0.1) is 0 Å². The van der Waals surface area contributed by atoms with Crippen LogP contribution >= 0.6 is 0 Å². The first-order chi connectivity index (χ1) is 16.1. The Morgan fingerprint density at radius 2 is 1.70 bits per heavy atom. The van der Waals surface area contributed by atoms with Crippen molar-refractivity contribution in [3.8, 4) is 11.5 Å². The first-order valence-electron chi connectivity index (χ1n) is 12.5. The number of carbonyl (C=O) groups excluding carboxylic acids is 1. The summed E-state index contributed by atoms with van der Waals surface area (Å²) in [5, 5.41) is 3.16. The molecule has 2 aliphatic rings. The van der Waals surface area contributed by atoms with Crippen molar-refractivity contribution in [1.29, 1.82) is 0 Å². The standard InChI is InChI=1S/C28H38N2O3/c1-22-8-3-6-19-30(22)20-7-21-33-26-15-11-24(12-16-26)29-27(31)28(17-4-5-18-28)23-9-13-25(32-2)14-10-23/h9-16,22H,3-8,17-21H2,1-2H3,(H,29,31)/t22-/m1/s1. The number of carbonyl (C=O) groups is 1. The molecule has 5 nitrogen and oxygen atoms in total. The number of piperidine rings is 1. The summed E-state index contributed by atoms with van der Waals surface area (Å²) in [5.41, 5.74) is 1.42. The van der Waals surface area contributed by atoms with Gasteiger partial charge in [0.25, 0.3) is 0 Å². The molecule has 4 rings (SSSR count). The van der Waals surface area contributed by atoms with Crippen LogP contribution in [-0.2, 0) is 10.2 Å². The van der Waals surface area contributed by atoms with E-state index in [9.17, 15) is 4.79 Å². The lowest BCUT2D eigenvalue weighted by molar-refractivity contribution is -0.121. The van der Waals surface area contributed by atoms with E-state index in [1.54, 1.807) is 7.11 Å². The maximum absolute atomic E-state index is 13.4. The van der Waals surface area contributed by atoms with Crippen molar-refractivity contribution in [2.45, 2.75) is 69.7 Å². The average Bonchev–Trinajstić information content (AvgIpc) is 3.35. The molecule has 1 aliphatic carbocycles. The summed E-state index contributed by atoms with van der Waals surface area (Å²) in [6.07, 6.45) is 8.92. The van der Waals surface area contributed by atoms with E-state index < -0.39 is 5.41 Å². The molecule has 0 radical (unpaired) electrons. The summed E-state index contributed by atoms with van der Waals surface area (Å²) in [4.78, 5) is 16.0. The number of nitrogens with one attached hydrogen (secondary N) is 1. The number of methoxy groups -OCH3 is 1. The van der Waals surface area contributed by atoms with Crippen LogP contribution < -0.4 is 14.8 Å². The van der Waals surface area contributed by atoms with Crippen molar-refractivity contribution in [3.05, 3.63) is 54.1 Å². The van der Waals surface area contributed by atoms with Crippen molar-refractivity contribution in [3.63, 3.8) is 0 Å². The summed E-state index contributed by atoms with van der Waals surface area (Å²) < 4.78 is 11.2. The summed E-state index contributed by atoms with van der Waals surface area (Å²) >= 11 is 0. The second-order valence-electron chi connectivity index (χ2n) is 9.58. The van der Waals surface area contributed by atoms with E-state index >= 15 is 0 Å². The number of benzene rings is 2. The van der Waals surface area contributed by atoms with E-state index in [0.29, 0.717) is 6.04 Å². The molecule has 1 saturated carbocycles. The fraction of sp³-hybridized carbons (Fsp3) is 0.536. The van der Waals surface area contributed by atoms with E-state index in [4.69, 9.17) is 9.47 Å². The van der Waals surface area contributed by atoms with Gasteiger partial charge >= 0.3 is 0 Å². The van der Waals surface area contributed by atoms with Crippen molar-refractivity contribution >= 4 is 11.6 Å². The number of hydrogen-bond donors (Lipinski definition) is 1. The smallest absolute Gasteiger partial charge is 0.235 e. The molecule has 2 aromatic rings. The molecule has 1 saturated heterocycles. The second kappa shape index (κ2) is 11.1. The average molecular weight is 451 g/mol. The van der Waals surface area contributed by atoms with Gasteiger partial charge in [0, 0.05) is 18.3 Å². The Kier molecular flexibility index (Phi) is 7.92. The van der Waals surface area contributed by atoms with Crippen LogP contribution in [-0.4, -0.2) is 43.7 Å². The SMILES string of the molecule is COc1ccc(C2(C(=O)Nc3ccc(OCCCN4CCCC[C@H]4C)cc3)CCCC2)cc1. The lowest BCUT2D eigenvalue weighted by Gasteiger charge is -2.33. The molecule has 5 heteroatoms. The highest BCUT2D eigenvalue weighted by molar-refractivity contribution is 5.99. The van der Waals surface area contributed by atoms with Gasteiger partial charge in [-0.15, -0.1) is 0 Å². The monoisotopic (exact) mass is 450 g/mol. The fourth-order valence-corrected chi connectivity index (χ4v) is 5.37. The van der Waals surface area contributed by atoms with Gasteiger partial charge in [-0.2, -0.15) is 0 Å². The summed E-state index contributed by atoms with van der Waals surface area (Å²) in [7, 11) is 1.66. The van der Waals surface area contributed by atoms with Gasteiger partial charge in [-0.05, 0) is 87.5 Å². The summed E-state index contributed by atoms with van der Waals surface area (Å²) in [5.74, 6) is 1.74. The van der Waals surface area contributed by atoms with Crippen LogP contribution in [0.2, 0.25) is 0 Å². The van der Waals surface area contributed by atoms with E-state index in [0.717, 1.165) is 68.0 Å². The van der Waals surface area contributed by atoms with Crippen molar-refractivity contribution in [2.75, 3.05) is 32.1 Å². The van der Waals surface area contributed by atoms with Crippen molar-refractivity contribution in [1.82, 2.24) is 4.90 Å². The first-order valence-corrected chi connectivity index (χ1v) is 12.5. The van der Waals surface area contributed by atoms with Crippen LogP contribution in [0.25, 0.3) is 0 Å². The van der Waals surface area contributed by atoms with Gasteiger partial charge < -0.3 is 19.7 Å². The third-order valence-corrected chi connectivity index (χ3v) is 7.45. The number of ether oxygens (including phenoxy) is 2. The zero-order valence-electron chi connectivity index (χ0n) is 20.1. The molecule has 0 bridgehead atoms. The van der Waals surface area contributed by atoms with E-state index in [1.165, 1.54) is 25.8 Å². The highest BCUT2D eigenvalue weighted by Gasteiger charge is 2.42. The molecule has 1 atom stereocenters. The maximum atomic E-state index is 13.4. The topological polar surface area (TPSA) is 50.8 Å². The molecule has 1 amide bonds. The fourth-order valence-electron chi connectivity index (χ4n) is 5.37. The summed E-state index contributed by atoms with van der Waals surface area (Å²) in [6.45, 7) is 5.36. The predicted molar refractivity (Wildman–Crippen MR) is 133 cm³/mol. The number of nitrogens with zero attached hydrogens (tertiary/aromatic N) is 1. The maximum Gasteiger partial charge on any atom is 0.235 e. The molecule has 2 aromatic carbocycles. The molecule has 1 aliphatic heterocycles. The lowest BCUT2D eigenvalue weighted by Crippen LogP contribution is -2.38. The third-order valence-electron chi connectivity index (χ3n) is 7.45. The first kappa shape index (κ1) is 23.6. The van der Waals surface area contributed by atoms with E-state index in [2.05, 4.69) is 17.1 Å². The Balaban J connectivity index is 1.30. The predicted octanol–water partition coefficient (Wildman–Crippen LogP) is 5.79. The van der Waals surface area contributed by atoms with Crippen LogP contribution in [0.4, 0.5) is 5.69 Å².